The van der Waals surface area contributed by atoms with Gasteiger partial charge in [-0.15, -0.1) is 0 Å². The molecule has 0 aromatic carbocycles. The van der Waals surface area contributed by atoms with E-state index in [-0.39, 0.29) is 12.0 Å². The third kappa shape index (κ3) is 3.68. The fourth-order valence-electron chi connectivity index (χ4n) is 2.92. The van der Waals surface area contributed by atoms with Crippen LogP contribution in [-0.4, -0.2) is 99.0 Å². The molecule has 0 spiro atoms. The molecule has 2 aliphatic heterocycles. The van der Waals surface area contributed by atoms with Crippen molar-refractivity contribution in [2.75, 3.05) is 13.2 Å². The molecule has 0 aromatic heterocycles. The summed E-state index contributed by atoms with van der Waals surface area (Å²) in [7, 11) is 0. The van der Waals surface area contributed by atoms with E-state index >= 15 is 0 Å². The Hall–Kier alpha value is -0.360. The Bertz CT molecular complexity index is 377. The van der Waals surface area contributed by atoms with Crippen molar-refractivity contribution in [3.05, 3.63) is 0 Å². The standard InChI is InChI=1S/C14H26O9/c1-5-6(2)21-8(4-16)13(9(5)17)23-14-12(20)11(19)10(18)7(3-15)22-14/h5-20H,3-4H2,1-2H3/t5?,6?,7?,8?,9-,10+,11+,12?,13+,14+/m1/s1. The van der Waals surface area contributed by atoms with Gasteiger partial charge in [0.05, 0.1) is 25.4 Å². The zero-order chi connectivity index (χ0) is 17.3. The van der Waals surface area contributed by atoms with Crippen LogP contribution in [-0.2, 0) is 14.2 Å². The molecule has 0 bridgehead atoms. The molecule has 0 aromatic rings. The lowest BCUT2D eigenvalue weighted by Gasteiger charge is -2.46. The van der Waals surface area contributed by atoms with Crippen molar-refractivity contribution in [3.63, 3.8) is 0 Å². The zero-order valence-corrected chi connectivity index (χ0v) is 13.1. The second kappa shape index (κ2) is 7.68. The molecule has 0 saturated carbocycles. The van der Waals surface area contributed by atoms with E-state index in [1.165, 1.54) is 0 Å². The summed E-state index contributed by atoms with van der Waals surface area (Å²) in [6.45, 7) is 2.54. The Morgan fingerprint density at radius 2 is 1.39 bits per heavy atom. The fourth-order valence-corrected chi connectivity index (χ4v) is 2.92. The molecule has 2 fully saturated rings. The van der Waals surface area contributed by atoms with E-state index in [0.717, 1.165) is 0 Å². The van der Waals surface area contributed by atoms with E-state index in [2.05, 4.69) is 0 Å². The molecule has 136 valence electrons. The van der Waals surface area contributed by atoms with Crippen LogP contribution >= 0.6 is 0 Å². The summed E-state index contributed by atoms with van der Waals surface area (Å²) >= 11 is 0. The fraction of sp³-hybridized carbons (Fsp3) is 1.00. The molecular formula is C14H26O9. The highest BCUT2D eigenvalue weighted by Gasteiger charge is 2.48. The summed E-state index contributed by atoms with van der Waals surface area (Å²) in [5, 5.41) is 58.4. The second-order valence-electron chi connectivity index (χ2n) is 6.21. The van der Waals surface area contributed by atoms with Crippen molar-refractivity contribution in [3.8, 4) is 0 Å². The van der Waals surface area contributed by atoms with Crippen molar-refractivity contribution >= 4 is 0 Å². The van der Waals surface area contributed by atoms with E-state index in [1.54, 1.807) is 13.8 Å². The first-order valence-electron chi connectivity index (χ1n) is 7.72. The molecule has 2 rings (SSSR count). The van der Waals surface area contributed by atoms with Gasteiger partial charge in [-0.2, -0.15) is 0 Å². The molecule has 23 heavy (non-hydrogen) atoms. The molecular weight excluding hydrogens is 312 g/mol. The highest BCUT2D eigenvalue weighted by Crippen LogP contribution is 2.31. The number of hydrogen-bond donors (Lipinski definition) is 6. The third-order valence-electron chi connectivity index (χ3n) is 4.69. The molecule has 0 aliphatic carbocycles. The predicted octanol–water partition coefficient (Wildman–Crippen LogP) is -3.05. The van der Waals surface area contributed by atoms with Gasteiger partial charge in [0.15, 0.2) is 6.29 Å². The number of aliphatic hydroxyl groups excluding tert-OH is 6. The van der Waals surface area contributed by atoms with Gasteiger partial charge in [0.2, 0.25) is 0 Å². The maximum Gasteiger partial charge on any atom is 0.187 e. The van der Waals surface area contributed by atoms with Crippen LogP contribution in [0.4, 0.5) is 0 Å². The van der Waals surface area contributed by atoms with Gasteiger partial charge >= 0.3 is 0 Å². The normalized spacial score (nSPS) is 51.7. The quantitative estimate of drug-likeness (QED) is 0.314. The van der Waals surface area contributed by atoms with Gasteiger partial charge in [0, 0.05) is 5.92 Å². The minimum absolute atomic E-state index is 0.285. The van der Waals surface area contributed by atoms with Crippen LogP contribution in [0, 0.1) is 5.92 Å². The van der Waals surface area contributed by atoms with E-state index in [0.29, 0.717) is 0 Å². The zero-order valence-electron chi connectivity index (χ0n) is 13.1. The van der Waals surface area contributed by atoms with E-state index in [9.17, 15) is 25.5 Å². The first kappa shape index (κ1) is 19.0. The number of ether oxygens (including phenoxy) is 3. The van der Waals surface area contributed by atoms with E-state index < -0.39 is 62.2 Å². The summed E-state index contributed by atoms with van der Waals surface area (Å²) < 4.78 is 16.4. The smallest absolute Gasteiger partial charge is 0.187 e. The molecule has 0 radical (unpaired) electrons. The molecule has 2 heterocycles. The van der Waals surface area contributed by atoms with Crippen LogP contribution in [0.3, 0.4) is 0 Å². The molecule has 2 saturated heterocycles. The first-order chi connectivity index (χ1) is 10.8. The Morgan fingerprint density at radius 3 is 1.96 bits per heavy atom. The van der Waals surface area contributed by atoms with Gasteiger partial charge in [-0.1, -0.05) is 6.92 Å². The van der Waals surface area contributed by atoms with E-state index in [1.807, 2.05) is 0 Å². The van der Waals surface area contributed by atoms with Crippen LogP contribution in [0.25, 0.3) is 0 Å². The van der Waals surface area contributed by atoms with Gasteiger partial charge in [-0.25, -0.2) is 0 Å². The van der Waals surface area contributed by atoms with Crippen molar-refractivity contribution < 1.29 is 44.8 Å². The van der Waals surface area contributed by atoms with Crippen molar-refractivity contribution in [1.29, 1.82) is 0 Å². The van der Waals surface area contributed by atoms with E-state index in [4.69, 9.17) is 19.3 Å². The minimum Gasteiger partial charge on any atom is -0.394 e. The van der Waals surface area contributed by atoms with Crippen LogP contribution < -0.4 is 0 Å². The first-order valence-corrected chi connectivity index (χ1v) is 7.72. The summed E-state index contributed by atoms with van der Waals surface area (Å²) in [6.07, 6.45) is -10.2. The lowest BCUT2D eigenvalue weighted by atomic mass is 9.88. The van der Waals surface area contributed by atoms with Gasteiger partial charge in [0.25, 0.3) is 0 Å². The molecule has 5 unspecified atom stereocenters. The maximum absolute atomic E-state index is 10.4. The van der Waals surface area contributed by atoms with Gasteiger partial charge in [0.1, 0.15) is 36.6 Å². The molecule has 0 amide bonds. The topological polar surface area (TPSA) is 149 Å². The maximum atomic E-state index is 10.4. The van der Waals surface area contributed by atoms with Crippen molar-refractivity contribution in [1.82, 2.24) is 0 Å². The van der Waals surface area contributed by atoms with Crippen LogP contribution in [0.15, 0.2) is 0 Å². The second-order valence-corrected chi connectivity index (χ2v) is 6.21. The number of hydrogen-bond acceptors (Lipinski definition) is 9. The molecule has 9 nitrogen and oxygen atoms in total. The van der Waals surface area contributed by atoms with Crippen LogP contribution in [0.5, 0.6) is 0 Å². The van der Waals surface area contributed by atoms with Crippen molar-refractivity contribution in [2.45, 2.75) is 69.0 Å². The van der Waals surface area contributed by atoms with Crippen molar-refractivity contribution in [2.24, 2.45) is 5.92 Å². The average Bonchev–Trinajstić information content (AvgIpc) is 2.55. The van der Waals surface area contributed by atoms with Gasteiger partial charge in [-0.3, -0.25) is 0 Å². The summed E-state index contributed by atoms with van der Waals surface area (Å²) in [4.78, 5) is 0. The Balaban J connectivity index is 2.11. The highest BCUT2D eigenvalue weighted by molar-refractivity contribution is 4.93. The average molecular weight is 338 g/mol. The van der Waals surface area contributed by atoms with Crippen LogP contribution in [0.1, 0.15) is 13.8 Å². The minimum atomic E-state index is -1.58. The Labute approximate surface area is 134 Å². The lowest BCUT2D eigenvalue weighted by Crippen LogP contribution is -2.63. The van der Waals surface area contributed by atoms with Gasteiger partial charge in [-0.05, 0) is 6.92 Å². The summed E-state index contributed by atoms with van der Waals surface area (Å²) in [5.74, 6) is -0.285. The number of aliphatic hydroxyl groups is 6. The largest absolute Gasteiger partial charge is 0.394 e. The molecule has 10 atom stereocenters. The third-order valence-corrected chi connectivity index (χ3v) is 4.69. The Kier molecular flexibility index (Phi) is 6.34. The monoisotopic (exact) mass is 338 g/mol. The predicted molar refractivity (Wildman–Crippen MR) is 75.2 cm³/mol. The molecule has 6 N–H and O–H groups in total. The summed E-state index contributed by atoms with van der Waals surface area (Å²) in [5.41, 5.74) is 0. The molecule has 2 aliphatic rings. The molecule has 9 heteroatoms. The lowest BCUT2D eigenvalue weighted by molar-refractivity contribution is -0.337. The van der Waals surface area contributed by atoms with Crippen LogP contribution in [0.2, 0.25) is 0 Å². The highest BCUT2D eigenvalue weighted by atomic mass is 16.7. The SMILES string of the molecule is CC1OC(CO)[C@H](O[C@@H]2OC(CO)[C@H](O)[C@H](O)C2O)[C@H](O)C1C. The Morgan fingerprint density at radius 1 is 0.783 bits per heavy atom. The van der Waals surface area contributed by atoms with Gasteiger partial charge < -0.3 is 44.8 Å². The summed E-state index contributed by atoms with van der Waals surface area (Å²) in [6, 6.07) is 0. The number of rotatable bonds is 4.